The van der Waals surface area contributed by atoms with E-state index in [1.807, 2.05) is 37.4 Å². The van der Waals surface area contributed by atoms with Gasteiger partial charge in [-0.25, -0.2) is 8.42 Å². The third kappa shape index (κ3) is 6.20. The zero-order chi connectivity index (χ0) is 22.4. The Morgan fingerprint density at radius 3 is 2.52 bits per heavy atom. The Kier molecular flexibility index (Phi) is 7.94. The van der Waals surface area contributed by atoms with Crippen molar-refractivity contribution in [2.24, 2.45) is 0 Å². The number of methoxy groups -OCH3 is 1. The lowest BCUT2D eigenvalue weighted by Crippen LogP contribution is -2.47. The number of amides is 1. The first-order valence-electron chi connectivity index (χ1n) is 10.1. The SMILES string of the molecule is COc1ccc(Cl)cc1S(=O)(=O)N(CC(=O)NC1CCN(C)CC1)Cc1ccccc1. The average molecular weight is 466 g/mol. The number of nitrogens with zero attached hydrogens (tertiary/aromatic N) is 2. The van der Waals surface area contributed by atoms with Gasteiger partial charge < -0.3 is 15.0 Å². The Balaban J connectivity index is 1.85. The zero-order valence-electron chi connectivity index (χ0n) is 17.8. The molecule has 1 aliphatic rings. The Bertz CT molecular complexity index is 993. The monoisotopic (exact) mass is 465 g/mol. The highest BCUT2D eigenvalue weighted by Crippen LogP contribution is 2.30. The molecule has 1 fully saturated rings. The summed E-state index contributed by atoms with van der Waals surface area (Å²) in [5, 5.41) is 3.26. The predicted molar refractivity (Wildman–Crippen MR) is 121 cm³/mol. The second-order valence-electron chi connectivity index (χ2n) is 7.70. The quantitative estimate of drug-likeness (QED) is 0.648. The summed E-state index contributed by atoms with van der Waals surface area (Å²) in [6, 6.07) is 13.6. The highest BCUT2D eigenvalue weighted by Gasteiger charge is 2.31. The highest BCUT2D eigenvalue weighted by atomic mass is 35.5. The second kappa shape index (κ2) is 10.5. The van der Waals surface area contributed by atoms with Gasteiger partial charge in [-0.05, 0) is 56.7 Å². The molecule has 1 N–H and O–H groups in total. The van der Waals surface area contributed by atoms with E-state index in [0.717, 1.165) is 31.5 Å². The maximum Gasteiger partial charge on any atom is 0.247 e. The lowest BCUT2D eigenvalue weighted by molar-refractivity contribution is -0.122. The Hall–Kier alpha value is -2.13. The molecular formula is C22H28ClN3O4S. The van der Waals surface area contributed by atoms with E-state index in [-0.39, 0.29) is 40.7 Å². The van der Waals surface area contributed by atoms with Crippen molar-refractivity contribution >= 4 is 27.5 Å². The van der Waals surface area contributed by atoms with Gasteiger partial charge in [-0.3, -0.25) is 4.79 Å². The van der Waals surface area contributed by atoms with E-state index in [9.17, 15) is 13.2 Å². The van der Waals surface area contributed by atoms with Gasteiger partial charge >= 0.3 is 0 Å². The Morgan fingerprint density at radius 2 is 1.87 bits per heavy atom. The van der Waals surface area contributed by atoms with E-state index >= 15 is 0 Å². The van der Waals surface area contributed by atoms with Crippen molar-refractivity contribution in [3.63, 3.8) is 0 Å². The number of carbonyl (C=O) groups is 1. The Labute approximate surface area is 189 Å². The molecule has 0 unspecified atom stereocenters. The fourth-order valence-electron chi connectivity index (χ4n) is 3.59. The molecule has 0 aromatic heterocycles. The number of nitrogens with one attached hydrogen (secondary N) is 1. The van der Waals surface area contributed by atoms with Crippen LogP contribution in [0.4, 0.5) is 0 Å². The lowest BCUT2D eigenvalue weighted by atomic mass is 10.1. The molecule has 0 saturated carbocycles. The van der Waals surface area contributed by atoms with Crippen LogP contribution in [0.1, 0.15) is 18.4 Å². The van der Waals surface area contributed by atoms with Crippen LogP contribution in [0.15, 0.2) is 53.4 Å². The van der Waals surface area contributed by atoms with Crippen molar-refractivity contribution in [3.8, 4) is 5.75 Å². The molecule has 3 rings (SSSR count). The molecule has 7 nitrogen and oxygen atoms in total. The van der Waals surface area contributed by atoms with Crippen LogP contribution in [0.3, 0.4) is 0 Å². The summed E-state index contributed by atoms with van der Waals surface area (Å²) in [5.41, 5.74) is 0.777. The normalized spacial score (nSPS) is 15.7. The van der Waals surface area contributed by atoms with Crippen LogP contribution in [0.25, 0.3) is 0 Å². The van der Waals surface area contributed by atoms with Crippen LogP contribution in [-0.4, -0.2) is 63.4 Å². The fourth-order valence-corrected chi connectivity index (χ4v) is 5.39. The molecule has 31 heavy (non-hydrogen) atoms. The average Bonchev–Trinajstić information content (AvgIpc) is 2.75. The van der Waals surface area contributed by atoms with Crippen molar-refractivity contribution in [2.75, 3.05) is 33.8 Å². The number of hydrogen-bond donors (Lipinski definition) is 1. The summed E-state index contributed by atoms with van der Waals surface area (Å²) in [6.45, 7) is 1.56. The maximum absolute atomic E-state index is 13.5. The van der Waals surface area contributed by atoms with Gasteiger partial charge in [-0.15, -0.1) is 0 Å². The fraction of sp³-hybridized carbons (Fsp3) is 0.409. The summed E-state index contributed by atoms with van der Waals surface area (Å²) in [4.78, 5) is 14.9. The summed E-state index contributed by atoms with van der Waals surface area (Å²) in [5.74, 6) is -0.145. The number of ether oxygens (including phenoxy) is 1. The van der Waals surface area contributed by atoms with Crippen molar-refractivity contribution in [1.29, 1.82) is 0 Å². The number of rotatable bonds is 8. The van der Waals surface area contributed by atoms with Gasteiger partial charge in [0.1, 0.15) is 10.6 Å². The second-order valence-corrected chi connectivity index (χ2v) is 10.0. The third-order valence-corrected chi connectivity index (χ3v) is 7.40. The van der Waals surface area contributed by atoms with E-state index in [1.165, 1.54) is 23.5 Å². The van der Waals surface area contributed by atoms with Gasteiger partial charge in [-0.2, -0.15) is 4.31 Å². The van der Waals surface area contributed by atoms with Gasteiger partial charge in [0.2, 0.25) is 15.9 Å². The molecular weight excluding hydrogens is 438 g/mol. The van der Waals surface area contributed by atoms with Crippen molar-refractivity contribution in [2.45, 2.75) is 30.3 Å². The molecule has 0 radical (unpaired) electrons. The summed E-state index contributed by atoms with van der Waals surface area (Å²) >= 11 is 6.07. The smallest absolute Gasteiger partial charge is 0.247 e. The van der Waals surface area contributed by atoms with Crippen LogP contribution >= 0.6 is 11.6 Å². The van der Waals surface area contributed by atoms with Gasteiger partial charge in [0, 0.05) is 17.6 Å². The first kappa shape index (κ1) is 23.5. The molecule has 2 aromatic rings. The van der Waals surface area contributed by atoms with E-state index < -0.39 is 10.0 Å². The molecule has 1 aliphatic heterocycles. The van der Waals surface area contributed by atoms with E-state index in [4.69, 9.17) is 16.3 Å². The maximum atomic E-state index is 13.5. The minimum Gasteiger partial charge on any atom is -0.495 e. The van der Waals surface area contributed by atoms with E-state index in [2.05, 4.69) is 10.2 Å². The molecule has 0 bridgehead atoms. The summed E-state index contributed by atoms with van der Waals surface area (Å²) < 4.78 is 33.5. The predicted octanol–water partition coefficient (Wildman–Crippen LogP) is 2.75. The summed E-state index contributed by atoms with van der Waals surface area (Å²) in [7, 11) is -0.609. The molecule has 1 saturated heterocycles. The van der Waals surface area contributed by atoms with E-state index in [0.29, 0.717) is 0 Å². The van der Waals surface area contributed by atoms with Crippen LogP contribution in [0.5, 0.6) is 5.75 Å². The van der Waals surface area contributed by atoms with Gasteiger partial charge in [-0.1, -0.05) is 41.9 Å². The minimum atomic E-state index is -4.05. The first-order chi connectivity index (χ1) is 14.8. The molecule has 1 heterocycles. The largest absolute Gasteiger partial charge is 0.495 e. The van der Waals surface area contributed by atoms with Crippen LogP contribution in [0, 0.1) is 0 Å². The molecule has 2 aromatic carbocycles. The molecule has 168 valence electrons. The van der Waals surface area contributed by atoms with Crippen molar-refractivity contribution in [3.05, 3.63) is 59.1 Å². The standard InChI is InChI=1S/C22H28ClN3O4S/c1-25-12-10-19(11-13-25)24-22(27)16-26(15-17-6-4-3-5-7-17)31(28,29)21-14-18(23)8-9-20(21)30-2/h3-9,14,19H,10-13,15-16H2,1-2H3,(H,24,27). The molecule has 0 atom stereocenters. The van der Waals surface area contributed by atoms with Gasteiger partial charge in [0.15, 0.2) is 0 Å². The minimum absolute atomic E-state index is 0.0469. The first-order valence-corrected chi connectivity index (χ1v) is 12.0. The number of carbonyl (C=O) groups excluding carboxylic acids is 1. The lowest BCUT2D eigenvalue weighted by Gasteiger charge is -2.30. The number of likely N-dealkylation sites (tertiary alicyclic amines) is 1. The number of piperidine rings is 1. The van der Waals surface area contributed by atoms with Crippen LogP contribution < -0.4 is 10.1 Å². The topological polar surface area (TPSA) is 79.0 Å². The molecule has 0 aliphatic carbocycles. The van der Waals surface area contributed by atoms with Gasteiger partial charge in [0.05, 0.1) is 13.7 Å². The van der Waals surface area contributed by atoms with Crippen molar-refractivity contribution in [1.82, 2.24) is 14.5 Å². The summed E-state index contributed by atoms with van der Waals surface area (Å²) in [6.07, 6.45) is 1.69. The van der Waals surface area contributed by atoms with Crippen LogP contribution in [0.2, 0.25) is 5.02 Å². The number of benzene rings is 2. The number of halogens is 1. The van der Waals surface area contributed by atoms with Crippen LogP contribution in [-0.2, 0) is 21.4 Å². The molecule has 0 spiro atoms. The highest BCUT2D eigenvalue weighted by molar-refractivity contribution is 7.89. The Morgan fingerprint density at radius 1 is 1.19 bits per heavy atom. The number of sulfonamides is 1. The number of hydrogen-bond acceptors (Lipinski definition) is 5. The van der Waals surface area contributed by atoms with Crippen molar-refractivity contribution < 1.29 is 17.9 Å². The molecule has 9 heteroatoms. The van der Waals surface area contributed by atoms with Gasteiger partial charge in [0.25, 0.3) is 0 Å². The van der Waals surface area contributed by atoms with E-state index in [1.54, 1.807) is 6.07 Å². The zero-order valence-corrected chi connectivity index (χ0v) is 19.3. The third-order valence-electron chi connectivity index (χ3n) is 5.35. The molecule has 1 amide bonds.